The monoisotopic (exact) mass is 610 g/mol. The summed E-state index contributed by atoms with van der Waals surface area (Å²) < 4.78 is 7.73. The van der Waals surface area contributed by atoms with Gasteiger partial charge in [-0.25, -0.2) is 4.98 Å². The van der Waals surface area contributed by atoms with E-state index < -0.39 is 0 Å². The molecular weight excluding hydrogens is 556 g/mol. The van der Waals surface area contributed by atoms with E-state index in [0.29, 0.717) is 5.91 Å². The van der Waals surface area contributed by atoms with Gasteiger partial charge in [-0.05, 0) is 123 Å². The molecule has 2 aromatic heterocycles. The van der Waals surface area contributed by atoms with E-state index in [2.05, 4.69) is 73.8 Å². The first kappa shape index (κ1) is 31.8. The molecule has 7 rings (SSSR count). The number of aryl methyl sites for hydroxylation is 1. The fraction of sp³-hybridized carbons (Fsp3) is 0.615. The van der Waals surface area contributed by atoms with Crippen LogP contribution in [0.15, 0.2) is 48.9 Å². The van der Waals surface area contributed by atoms with E-state index in [4.69, 9.17) is 14.8 Å². The molecule has 2 heterocycles. The SMILES string of the molecule is CCC(CC)(CC)n1cc(-c2ccnc(N(CC34CCC(c5ccc(OC)c(C)c5)(CC3)CC4)C(=O)C3CCCCC3)c2)cn1. The van der Waals surface area contributed by atoms with Gasteiger partial charge in [-0.15, -0.1) is 0 Å². The zero-order chi connectivity index (χ0) is 31.7. The fourth-order valence-corrected chi connectivity index (χ4v) is 9.03. The summed E-state index contributed by atoms with van der Waals surface area (Å²) in [6.07, 6.45) is 21.8. The molecule has 0 aliphatic heterocycles. The van der Waals surface area contributed by atoms with Gasteiger partial charge in [-0.3, -0.25) is 14.4 Å². The van der Waals surface area contributed by atoms with Crippen molar-refractivity contribution in [1.29, 1.82) is 0 Å². The summed E-state index contributed by atoms with van der Waals surface area (Å²) in [7, 11) is 1.75. The van der Waals surface area contributed by atoms with Gasteiger partial charge in [0.1, 0.15) is 11.6 Å². The van der Waals surface area contributed by atoms with E-state index in [1.54, 1.807) is 7.11 Å². The number of hydrogen-bond acceptors (Lipinski definition) is 4. The van der Waals surface area contributed by atoms with Crippen LogP contribution in [0.2, 0.25) is 0 Å². The first-order valence-corrected chi connectivity index (χ1v) is 17.8. The fourth-order valence-electron chi connectivity index (χ4n) is 9.03. The molecule has 1 aromatic carbocycles. The Morgan fingerprint density at radius 1 is 0.956 bits per heavy atom. The van der Waals surface area contributed by atoms with Gasteiger partial charge >= 0.3 is 0 Å². The summed E-state index contributed by atoms with van der Waals surface area (Å²) in [5.41, 5.74) is 5.31. The number of anilines is 1. The second-order valence-corrected chi connectivity index (χ2v) is 14.6. The largest absolute Gasteiger partial charge is 0.496 e. The van der Waals surface area contributed by atoms with Crippen molar-refractivity contribution in [1.82, 2.24) is 14.8 Å². The topological polar surface area (TPSA) is 60.2 Å². The Kier molecular flexibility index (Phi) is 9.14. The van der Waals surface area contributed by atoms with Crippen molar-refractivity contribution in [3.63, 3.8) is 0 Å². The number of carbonyl (C=O) groups excluding carboxylic acids is 1. The zero-order valence-electron chi connectivity index (χ0n) is 28.4. The molecule has 0 N–H and O–H groups in total. The summed E-state index contributed by atoms with van der Waals surface area (Å²) in [6, 6.07) is 11.0. The van der Waals surface area contributed by atoms with Crippen LogP contribution in [0.4, 0.5) is 5.82 Å². The molecule has 0 radical (unpaired) electrons. The van der Waals surface area contributed by atoms with Crippen molar-refractivity contribution in [2.45, 2.75) is 129 Å². The lowest BCUT2D eigenvalue weighted by atomic mass is 9.51. The number of ether oxygens (including phenoxy) is 1. The van der Waals surface area contributed by atoms with Crippen LogP contribution in [-0.4, -0.2) is 34.3 Å². The summed E-state index contributed by atoms with van der Waals surface area (Å²) in [5, 5.41) is 4.84. The highest BCUT2D eigenvalue weighted by Crippen LogP contribution is 2.58. The normalized spacial score (nSPS) is 23.7. The Morgan fingerprint density at radius 2 is 1.64 bits per heavy atom. The number of pyridine rings is 1. The van der Waals surface area contributed by atoms with E-state index in [1.165, 1.54) is 36.8 Å². The van der Waals surface area contributed by atoms with Crippen molar-refractivity contribution < 1.29 is 9.53 Å². The van der Waals surface area contributed by atoms with Crippen LogP contribution >= 0.6 is 0 Å². The molecule has 6 heteroatoms. The molecule has 6 nitrogen and oxygen atoms in total. The molecule has 1 amide bonds. The van der Waals surface area contributed by atoms with E-state index in [-0.39, 0.29) is 22.3 Å². The van der Waals surface area contributed by atoms with Crippen LogP contribution in [0.1, 0.15) is 122 Å². The minimum atomic E-state index is 0.0396. The maximum atomic E-state index is 14.4. The highest BCUT2D eigenvalue weighted by molar-refractivity contribution is 5.95. The second-order valence-electron chi connectivity index (χ2n) is 14.6. The van der Waals surface area contributed by atoms with Crippen molar-refractivity contribution in [2.75, 3.05) is 18.6 Å². The molecule has 4 saturated carbocycles. The molecule has 2 bridgehead atoms. The standard InChI is InChI=1S/C39H54N4O2/c1-6-39(7-2,8-3)43-27-32(26-41-43)31-16-23-40-35(25-31)42(36(44)30-12-10-9-11-13-30)28-37-17-20-38(21-18-37,22-19-37)33-14-15-34(45-5)29(4)24-33/h14-16,23-27,30H,6-13,17-22,28H2,1-5H3. The van der Waals surface area contributed by atoms with Gasteiger partial charge in [-0.2, -0.15) is 5.10 Å². The molecule has 242 valence electrons. The first-order valence-electron chi connectivity index (χ1n) is 17.8. The van der Waals surface area contributed by atoms with E-state index >= 15 is 0 Å². The number of carbonyl (C=O) groups is 1. The second kappa shape index (κ2) is 12.9. The number of hydrogen-bond donors (Lipinski definition) is 0. The first-order chi connectivity index (χ1) is 21.8. The lowest BCUT2D eigenvalue weighted by molar-refractivity contribution is -0.124. The van der Waals surface area contributed by atoms with E-state index in [0.717, 1.165) is 93.4 Å². The summed E-state index contributed by atoms with van der Waals surface area (Å²) in [4.78, 5) is 21.4. The third kappa shape index (κ3) is 5.94. The lowest BCUT2D eigenvalue weighted by Gasteiger charge is -2.55. The molecule has 3 aromatic rings. The van der Waals surface area contributed by atoms with Crippen molar-refractivity contribution >= 4 is 11.7 Å². The number of amides is 1. The molecular formula is C39H54N4O2. The van der Waals surface area contributed by atoms with Gasteiger partial charge in [0.2, 0.25) is 5.91 Å². The van der Waals surface area contributed by atoms with Crippen molar-refractivity contribution in [2.24, 2.45) is 11.3 Å². The van der Waals surface area contributed by atoms with Gasteiger partial charge in [0.05, 0.1) is 18.8 Å². The maximum absolute atomic E-state index is 14.4. The molecule has 0 saturated heterocycles. The van der Waals surface area contributed by atoms with Crippen LogP contribution in [0.25, 0.3) is 11.1 Å². The summed E-state index contributed by atoms with van der Waals surface area (Å²) in [6.45, 7) is 9.70. The third-order valence-electron chi connectivity index (χ3n) is 12.5. The number of fused-ring (bicyclic) bond motifs is 3. The number of rotatable bonds is 11. The number of aromatic nitrogens is 3. The van der Waals surface area contributed by atoms with Gasteiger partial charge in [0.15, 0.2) is 0 Å². The van der Waals surface area contributed by atoms with Crippen LogP contribution in [0, 0.1) is 18.3 Å². The summed E-state index contributed by atoms with van der Waals surface area (Å²) >= 11 is 0. The van der Waals surface area contributed by atoms with Gasteiger partial charge in [-0.1, -0.05) is 52.2 Å². The predicted molar refractivity (Wildman–Crippen MR) is 183 cm³/mol. The number of methoxy groups -OCH3 is 1. The average Bonchev–Trinajstić information content (AvgIpc) is 3.60. The Bertz CT molecular complexity index is 1450. The highest BCUT2D eigenvalue weighted by Gasteiger charge is 2.50. The molecule has 0 spiro atoms. The van der Waals surface area contributed by atoms with Crippen LogP contribution < -0.4 is 9.64 Å². The minimum Gasteiger partial charge on any atom is -0.496 e. The molecule has 4 aliphatic carbocycles. The predicted octanol–water partition coefficient (Wildman–Crippen LogP) is 9.39. The Labute approximate surface area is 271 Å². The van der Waals surface area contributed by atoms with Gasteiger partial charge in [0.25, 0.3) is 0 Å². The van der Waals surface area contributed by atoms with Crippen LogP contribution in [-0.2, 0) is 15.7 Å². The number of benzene rings is 1. The maximum Gasteiger partial charge on any atom is 0.231 e. The van der Waals surface area contributed by atoms with Crippen molar-refractivity contribution in [3.8, 4) is 16.9 Å². The third-order valence-corrected chi connectivity index (χ3v) is 12.5. The van der Waals surface area contributed by atoms with Gasteiger partial charge in [0, 0.05) is 30.4 Å². The van der Waals surface area contributed by atoms with Crippen LogP contribution in [0.3, 0.4) is 0 Å². The highest BCUT2D eigenvalue weighted by atomic mass is 16.5. The lowest BCUT2D eigenvalue weighted by Crippen LogP contribution is -2.51. The average molecular weight is 611 g/mol. The Balaban J connectivity index is 1.27. The minimum absolute atomic E-state index is 0.0396. The molecule has 0 unspecified atom stereocenters. The Morgan fingerprint density at radius 3 is 2.27 bits per heavy atom. The van der Waals surface area contributed by atoms with E-state index in [9.17, 15) is 4.79 Å². The van der Waals surface area contributed by atoms with Crippen molar-refractivity contribution in [3.05, 3.63) is 60.0 Å². The molecule has 0 atom stereocenters. The van der Waals surface area contributed by atoms with E-state index in [1.807, 2.05) is 12.4 Å². The molecule has 45 heavy (non-hydrogen) atoms. The number of nitrogens with zero attached hydrogens (tertiary/aromatic N) is 4. The molecule has 4 aliphatic rings. The molecule has 4 fully saturated rings. The zero-order valence-corrected chi connectivity index (χ0v) is 28.4. The van der Waals surface area contributed by atoms with Gasteiger partial charge < -0.3 is 4.74 Å². The Hall–Kier alpha value is -3.15. The van der Waals surface area contributed by atoms with Crippen LogP contribution in [0.5, 0.6) is 5.75 Å². The smallest absolute Gasteiger partial charge is 0.231 e. The summed E-state index contributed by atoms with van der Waals surface area (Å²) in [5.74, 6) is 2.18. The quantitative estimate of drug-likeness (QED) is 0.217.